The minimum atomic E-state index is -0.108. The third-order valence-corrected chi connectivity index (χ3v) is 4.17. The van der Waals surface area contributed by atoms with Crippen LogP contribution >= 0.6 is 0 Å². The van der Waals surface area contributed by atoms with Crippen molar-refractivity contribution >= 4 is 16.9 Å². The van der Waals surface area contributed by atoms with E-state index >= 15 is 0 Å². The number of hydrogen-bond acceptors (Lipinski definition) is 4. The van der Waals surface area contributed by atoms with Gasteiger partial charge in [-0.3, -0.25) is 4.79 Å². The molecule has 25 heavy (non-hydrogen) atoms. The summed E-state index contributed by atoms with van der Waals surface area (Å²) >= 11 is 0. The molecule has 1 amide bonds. The molecule has 1 aromatic heterocycles. The number of methoxy groups -OCH3 is 2. The van der Waals surface area contributed by atoms with Crippen LogP contribution in [-0.2, 0) is 13.5 Å². The molecule has 0 atom stereocenters. The van der Waals surface area contributed by atoms with Gasteiger partial charge in [0.1, 0.15) is 17.3 Å². The summed E-state index contributed by atoms with van der Waals surface area (Å²) in [5, 5.41) is 2.92. The van der Waals surface area contributed by atoms with Gasteiger partial charge in [-0.2, -0.15) is 0 Å². The minimum Gasteiger partial charge on any atom is -0.497 e. The maximum Gasteiger partial charge on any atom is 0.251 e. The molecular formula is C19H21N3O3. The molecule has 0 saturated carbocycles. The van der Waals surface area contributed by atoms with Crippen LogP contribution in [0.15, 0.2) is 42.5 Å². The Morgan fingerprint density at radius 2 is 1.76 bits per heavy atom. The van der Waals surface area contributed by atoms with Crippen LogP contribution < -0.4 is 14.8 Å². The topological polar surface area (TPSA) is 65.4 Å². The minimum absolute atomic E-state index is 0.108. The van der Waals surface area contributed by atoms with Gasteiger partial charge in [0, 0.05) is 31.6 Å². The van der Waals surface area contributed by atoms with Crippen molar-refractivity contribution in [2.45, 2.75) is 6.42 Å². The van der Waals surface area contributed by atoms with Gasteiger partial charge < -0.3 is 19.4 Å². The van der Waals surface area contributed by atoms with Crippen LogP contribution in [0.2, 0.25) is 0 Å². The number of carbonyl (C=O) groups is 1. The number of nitrogens with zero attached hydrogens (tertiary/aromatic N) is 2. The van der Waals surface area contributed by atoms with Crippen LogP contribution in [0.25, 0.3) is 11.0 Å². The molecule has 1 N–H and O–H groups in total. The summed E-state index contributed by atoms with van der Waals surface area (Å²) in [6.07, 6.45) is 0.648. The van der Waals surface area contributed by atoms with E-state index in [0.29, 0.717) is 18.5 Å². The van der Waals surface area contributed by atoms with E-state index in [0.717, 1.165) is 28.4 Å². The maximum atomic E-state index is 12.2. The lowest BCUT2D eigenvalue weighted by molar-refractivity contribution is 0.0954. The highest BCUT2D eigenvalue weighted by Gasteiger charge is 2.10. The Hall–Kier alpha value is -3.02. The Bertz CT molecular complexity index is 885. The molecule has 0 aliphatic carbocycles. The zero-order chi connectivity index (χ0) is 17.8. The van der Waals surface area contributed by atoms with E-state index in [4.69, 9.17) is 9.47 Å². The SMILES string of the molecule is COc1ccc(C(=O)NCCc2nc3cc(OC)ccc3n2C)cc1. The third-order valence-electron chi connectivity index (χ3n) is 4.17. The fraction of sp³-hybridized carbons (Fsp3) is 0.263. The van der Waals surface area contributed by atoms with Crippen molar-refractivity contribution in [2.75, 3.05) is 20.8 Å². The van der Waals surface area contributed by atoms with E-state index in [-0.39, 0.29) is 5.91 Å². The first kappa shape index (κ1) is 16.8. The van der Waals surface area contributed by atoms with Gasteiger partial charge in [0.15, 0.2) is 0 Å². The van der Waals surface area contributed by atoms with Gasteiger partial charge in [0.2, 0.25) is 0 Å². The van der Waals surface area contributed by atoms with Crippen molar-refractivity contribution in [1.29, 1.82) is 0 Å². The summed E-state index contributed by atoms with van der Waals surface area (Å²) in [6.45, 7) is 0.513. The zero-order valence-corrected chi connectivity index (χ0v) is 14.6. The number of aromatic nitrogens is 2. The molecule has 0 spiro atoms. The molecule has 3 rings (SSSR count). The van der Waals surface area contributed by atoms with E-state index < -0.39 is 0 Å². The number of hydrogen-bond donors (Lipinski definition) is 1. The van der Waals surface area contributed by atoms with Gasteiger partial charge >= 0.3 is 0 Å². The number of aryl methyl sites for hydroxylation is 1. The first-order valence-corrected chi connectivity index (χ1v) is 8.04. The molecule has 1 heterocycles. The van der Waals surface area contributed by atoms with E-state index in [1.807, 2.05) is 29.8 Å². The lowest BCUT2D eigenvalue weighted by Crippen LogP contribution is -2.26. The Morgan fingerprint density at radius 1 is 1.08 bits per heavy atom. The second-order valence-corrected chi connectivity index (χ2v) is 5.68. The van der Waals surface area contributed by atoms with Gasteiger partial charge in [-0.25, -0.2) is 4.98 Å². The van der Waals surface area contributed by atoms with Gasteiger partial charge in [0.25, 0.3) is 5.91 Å². The zero-order valence-electron chi connectivity index (χ0n) is 14.6. The molecule has 2 aromatic carbocycles. The monoisotopic (exact) mass is 339 g/mol. The first-order valence-electron chi connectivity index (χ1n) is 8.04. The number of benzene rings is 2. The lowest BCUT2D eigenvalue weighted by atomic mass is 10.2. The van der Waals surface area contributed by atoms with Crippen molar-refractivity contribution in [3.63, 3.8) is 0 Å². The summed E-state index contributed by atoms with van der Waals surface area (Å²) in [5.41, 5.74) is 2.53. The smallest absolute Gasteiger partial charge is 0.251 e. The van der Waals surface area contributed by atoms with E-state index in [9.17, 15) is 4.79 Å². The van der Waals surface area contributed by atoms with E-state index in [2.05, 4.69) is 10.3 Å². The quantitative estimate of drug-likeness (QED) is 0.750. The Morgan fingerprint density at radius 3 is 2.44 bits per heavy atom. The number of ether oxygens (including phenoxy) is 2. The molecule has 0 bridgehead atoms. The molecule has 0 radical (unpaired) electrons. The molecule has 0 fully saturated rings. The molecule has 3 aromatic rings. The number of rotatable bonds is 6. The molecule has 0 unspecified atom stereocenters. The van der Waals surface area contributed by atoms with Crippen LogP contribution in [0.5, 0.6) is 11.5 Å². The average Bonchev–Trinajstić information content (AvgIpc) is 2.96. The Balaban J connectivity index is 1.64. The standard InChI is InChI=1S/C19H21N3O3/c1-22-17-9-8-15(25-3)12-16(17)21-18(22)10-11-20-19(23)13-4-6-14(24-2)7-5-13/h4-9,12H,10-11H2,1-3H3,(H,20,23). The van der Waals surface area contributed by atoms with Crippen LogP contribution in [0, 0.1) is 0 Å². The molecule has 0 saturated heterocycles. The second-order valence-electron chi connectivity index (χ2n) is 5.68. The lowest BCUT2D eigenvalue weighted by Gasteiger charge is -2.06. The van der Waals surface area contributed by atoms with Gasteiger partial charge in [0.05, 0.1) is 25.3 Å². The molecular weight excluding hydrogens is 318 g/mol. The van der Waals surface area contributed by atoms with Crippen LogP contribution in [0.1, 0.15) is 16.2 Å². The Labute approximate surface area is 146 Å². The van der Waals surface area contributed by atoms with Crippen molar-refractivity contribution < 1.29 is 14.3 Å². The third kappa shape index (κ3) is 3.57. The highest BCUT2D eigenvalue weighted by atomic mass is 16.5. The summed E-state index contributed by atoms with van der Waals surface area (Å²) in [7, 11) is 5.21. The van der Waals surface area contributed by atoms with Crippen molar-refractivity contribution in [1.82, 2.24) is 14.9 Å². The summed E-state index contributed by atoms with van der Waals surface area (Å²) < 4.78 is 12.4. The van der Waals surface area contributed by atoms with Gasteiger partial charge in [-0.1, -0.05) is 0 Å². The van der Waals surface area contributed by atoms with Crippen LogP contribution in [0.3, 0.4) is 0 Å². The van der Waals surface area contributed by atoms with Crippen LogP contribution in [0.4, 0.5) is 0 Å². The van der Waals surface area contributed by atoms with Gasteiger partial charge in [-0.15, -0.1) is 0 Å². The average molecular weight is 339 g/mol. The second kappa shape index (κ2) is 7.25. The summed E-state index contributed by atoms with van der Waals surface area (Å²) in [6, 6.07) is 12.8. The molecule has 6 nitrogen and oxygen atoms in total. The fourth-order valence-corrected chi connectivity index (χ4v) is 2.71. The number of imidazole rings is 1. The molecule has 0 aliphatic heterocycles. The normalized spacial score (nSPS) is 10.7. The number of fused-ring (bicyclic) bond motifs is 1. The molecule has 6 heteroatoms. The van der Waals surface area contributed by atoms with Gasteiger partial charge in [-0.05, 0) is 36.4 Å². The first-order chi connectivity index (χ1) is 12.1. The van der Waals surface area contributed by atoms with E-state index in [1.54, 1.807) is 38.5 Å². The molecule has 130 valence electrons. The van der Waals surface area contributed by atoms with Crippen molar-refractivity contribution in [3.05, 3.63) is 53.9 Å². The number of carbonyl (C=O) groups excluding carboxylic acids is 1. The highest BCUT2D eigenvalue weighted by molar-refractivity contribution is 5.94. The predicted molar refractivity (Wildman–Crippen MR) is 96.3 cm³/mol. The number of amides is 1. The maximum absolute atomic E-state index is 12.2. The summed E-state index contributed by atoms with van der Waals surface area (Å²) in [5.74, 6) is 2.32. The highest BCUT2D eigenvalue weighted by Crippen LogP contribution is 2.21. The predicted octanol–water partition coefficient (Wildman–Crippen LogP) is 2.56. The van der Waals surface area contributed by atoms with Crippen molar-refractivity contribution in [3.8, 4) is 11.5 Å². The van der Waals surface area contributed by atoms with Crippen LogP contribution in [-0.4, -0.2) is 36.2 Å². The molecule has 0 aliphatic rings. The van der Waals surface area contributed by atoms with Crippen molar-refractivity contribution in [2.24, 2.45) is 7.05 Å². The summed E-state index contributed by atoms with van der Waals surface area (Å²) in [4.78, 5) is 16.8. The van der Waals surface area contributed by atoms with E-state index in [1.165, 1.54) is 0 Å². The Kier molecular flexibility index (Phi) is 4.88. The number of nitrogens with one attached hydrogen (secondary N) is 1. The fourth-order valence-electron chi connectivity index (χ4n) is 2.71. The largest absolute Gasteiger partial charge is 0.497 e.